The smallest absolute Gasteiger partial charge is 0.240 e. The minimum absolute atomic E-state index is 0.0164. The van der Waals surface area contributed by atoms with Crippen molar-refractivity contribution in [1.29, 1.82) is 0 Å². The van der Waals surface area contributed by atoms with E-state index in [0.717, 1.165) is 31.4 Å². The standard InChI is InChI=1S/C21H26N2O4S/c24-21(15-16-27-19-9-5-2-6-10-19)22-17-11-13-20(14-12-17)28(25,26)23-18-7-3-1-4-8-18/h2,5-6,9-14,18,23H,1,3-4,7-8,15-16H2,(H,22,24). The van der Waals surface area contributed by atoms with Crippen LogP contribution in [0.15, 0.2) is 59.5 Å². The van der Waals surface area contributed by atoms with Crippen molar-refractivity contribution in [3.05, 3.63) is 54.6 Å². The van der Waals surface area contributed by atoms with Gasteiger partial charge in [0, 0.05) is 11.7 Å². The molecule has 7 heteroatoms. The van der Waals surface area contributed by atoms with Crippen LogP contribution < -0.4 is 14.8 Å². The molecule has 0 atom stereocenters. The lowest BCUT2D eigenvalue weighted by Crippen LogP contribution is -2.36. The molecule has 2 aromatic carbocycles. The first kappa shape index (κ1) is 20.4. The monoisotopic (exact) mass is 402 g/mol. The molecule has 1 fully saturated rings. The predicted molar refractivity (Wildman–Crippen MR) is 109 cm³/mol. The average molecular weight is 403 g/mol. The van der Waals surface area contributed by atoms with Crippen LogP contribution in [0, 0.1) is 0 Å². The normalized spacial score (nSPS) is 15.1. The molecule has 1 aliphatic rings. The van der Waals surface area contributed by atoms with Crippen LogP contribution in [0.1, 0.15) is 38.5 Å². The van der Waals surface area contributed by atoms with Gasteiger partial charge in [-0.2, -0.15) is 0 Å². The summed E-state index contributed by atoms with van der Waals surface area (Å²) in [5, 5.41) is 2.75. The number of benzene rings is 2. The molecule has 150 valence electrons. The van der Waals surface area contributed by atoms with E-state index in [0.29, 0.717) is 5.69 Å². The maximum Gasteiger partial charge on any atom is 0.240 e. The molecule has 0 aliphatic heterocycles. The summed E-state index contributed by atoms with van der Waals surface area (Å²) >= 11 is 0. The third-order valence-corrected chi connectivity index (χ3v) is 6.25. The van der Waals surface area contributed by atoms with Crippen molar-refractivity contribution < 1.29 is 17.9 Å². The SMILES string of the molecule is O=C(CCOc1ccccc1)Nc1ccc(S(=O)(=O)NC2CCCCC2)cc1. The van der Waals surface area contributed by atoms with Gasteiger partial charge in [0.25, 0.3) is 0 Å². The summed E-state index contributed by atoms with van der Waals surface area (Å²) < 4.78 is 33.3. The molecule has 1 saturated carbocycles. The van der Waals surface area contributed by atoms with Crippen molar-refractivity contribution in [1.82, 2.24) is 4.72 Å². The zero-order valence-corrected chi connectivity index (χ0v) is 16.6. The Hall–Kier alpha value is -2.38. The van der Waals surface area contributed by atoms with Crippen LogP contribution in [-0.2, 0) is 14.8 Å². The van der Waals surface area contributed by atoms with Crippen molar-refractivity contribution in [2.45, 2.75) is 49.5 Å². The minimum Gasteiger partial charge on any atom is -0.493 e. The average Bonchev–Trinajstić information content (AvgIpc) is 2.70. The van der Waals surface area contributed by atoms with E-state index in [1.807, 2.05) is 30.3 Å². The largest absolute Gasteiger partial charge is 0.493 e. The fourth-order valence-corrected chi connectivity index (χ4v) is 4.53. The van der Waals surface area contributed by atoms with Gasteiger partial charge in [0.2, 0.25) is 15.9 Å². The first-order chi connectivity index (χ1) is 13.5. The molecule has 6 nitrogen and oxygen atoms in total. The van der Waals surface area contributed by atoms with E-state index in [-0.39, 0.29) is 29.9 Å². The molecule has 2 N–H and O–H groups in total. The second kappa shape index (κ2) is 9.71. The van der Waals surface area contributed by atoms with Crippen molar-refractivity contribution in [3.8, 4) is 5.75 Å². The fraction of sp³-hybridized carbons (Fsp3) is 0.381. The van der Waals surface area contributed by atoms with Gasteiger partial charge in [-0.05, 0) is 49.2 Å². The van der Waals surface area contributed by atoms with E-state index in [2.05, 4.69) is 10.0 Å². The number of carbonyl (C=O) groups excluding carboxylic acids is 1. The molecule has 0 radical (unpaired) electrons. The molecule has 0 aromatic heterocycles. The maximum atomic E-state index is 12.5. The number of anilines is 1. The van der Waals surface area contributed by atoms with Crippen molar-refractivity contribution in [3.63, 3.8) is 0 Å². The number of ether oxygens (including phenoxy) is 1. The Morgan fingerprint density at radius 1 is 0.964 bits per heavy atom. The summed E-state index contributed by atoms with van der Waals surface area (Å²) in [7, 11) is -3.53. The summed E-state index contributed by atoms with van der Waals surface area (Å²) in [6.07, 6.45) is 5.27. The Balaban J connectivity index is 1.48. The summed E-state index contributed by atoms with van der Waals surface area (Å²) in [4.78, 5) is 12.2. The minimum atomic E-state index is -3.53. The van der Waals surface area contributed by atoms with Gasteiger partial charge in [0.1, 0.15) is 5.75 Å². The van der Waals surface area contributed by atoms with Crippen molar-refractivity contribution in [2.75, 3.05) is 11.9 Å². The summed E-state index contributed by atoms with van der Waals surface area (Å²) in [6, 6.07) is 15.6. The highest BCUT2D eigenvalue weighted by molar-refractivity contribution is 7.89. The lowest BCUT2D eigenvalue weighted by molar-refractivity contribution is -0.116. The van der Waals surface area contributed by atoms with E-state index in [1.165, 1.54) is 18.6 Å². The van der Waals surface area contributed by atoms with Gasteiger partial charge in [-0.3, -0.25) is 4.79 Å². The Morgan fingerprint density at radius 2 is 1.64 bits per heavy atom. The highest BCUT2D eigenvalue weighted by Crippen LogP contribution is 2.21. The zero-order valence-electron chi connectivity index (χ0n) is 15.8. The molecular weight excluding hydrogens is 376 g/mol. The van der Waals surface area contributed by atoms with Gasteiger partial charge in [0.05, 0.1) is 17.9 Å². The number of amides is 1. The molecule has 0 saturated heterocycles. The number of carbonyl (C=O) groups is 1. The van der Waals surface area contributed by atoms with Gasteiger partial charge in [-0.15, -0.1) is 0 Å². The van der Waals surface area contributed by atoms with Crippen LogP contribution in [-0.4, -0.2) is 27.0 Å². The van der Waals surface area contributed by atoms with Crippen molar-refractivity contribution in [2.24, 2.45) is 0 Å². The molecule has 28 heavy (non-hydrogen) atoms. The zero-order chi connectivity index (χ0) is 19.8. The number of nitrogens with one attached hydrogen (secondary N) is 2. The van der Waals surface area contributed by atoms with Gasteiger partial charge in [0.15, 0.2) is 0 Å². The van der Waals surface area contributed by atoms with Gasteiger partial charge >= 0.3 is 0 Å². The fourth-order valence-electron chi connectivity index (χ4n) is 3.23. The number of para-hydroxylation sites is 1. The van der Waals surface area contributed by atoms with E-state index < -0.39 is 10.0 Å². The van der Waals surface area contributed by atoms with Crippen LogP contribution in [0.5, 0.6) is 5.75 Å². The summed E-state index contributed by atoms with van der Waals surface area (Å²) in [5.74, 6) is 0.530. The lowest BCUT2D eigenvalue weighted by atomic mass is 9.96. The highest BCUT2D eigenvalue weighted by atomic mass is 32.2. The second-order valence-corrected chi connectivity index (χ2v) is 8.65. The number of sulfonamides is 1. The molecule has 0 heterocycles. The Morgan fingerprint density at radius 3 is 2.32 bits per heavy atom. The van der Waals surface area contributed by atoms with E-state index in [9.17, 15) is 13.2 Å². The van der Waals surface area contributed by atoms with Gasteiger partial charge < -0.3 is 10.1 Å². The Labute approximate surface area is 166 Å². The number of hydrogen-bond donors (Lipinski definition) is 2. The quantitative estimate of drug-likeness (QED) is 0.705. The van der Waals surface area contributed by atoms with E-state index >= 15 is 0 Å². The van der Waals surface area contributed by atoms with Gasteiger partial charge in [-0.1, -0.05) is 37.5 Å². The molecular formula is C21H26N2O4S. The first-order valence-electron chi connectivity index (χ1n) is 9.63. The molecule has 2 aromatic rings. The van der Waals surface area contributed by atoms with Crippen LogP contribution in [0.2, 0.25) is 0 Å². The molecule has 0 bridgehead atoms. The number of hydrogen-bond acceptors (Lipinski definition) is 4. The summed E-state index contributed by atoms with van der Waals surface area (Å²) in [5.41, 5.74) is 0.557. The third-order valence-electron chi connectivity index (χ3n) is 4.72. The summed E-state index contributed by atoms with van der Waals surface area (Å²) in [6.45, 7) is 0.271. The third kappa shape index (κ3) is 6.07. The Kier molecular flexibility index (Phi) is 7.06. The van der Waals surface area contributed by atoms with Crippen molar-refractivity contribution >= 4 is 21.6 Å². The van der Waals surface area contributed by atoms with Crippen LogP contribution in [0.4, 0.5) is 5.69 Å². The highest BCUT2D eigenvalue weighted by Gasteiger charge is 2.21. The first-order valence-corrected chi connectivity index (χ1v) is 11.1. The topological polar surface area (TPSA) is 84.5 Å². The molecule has 3 rings (SSSR count). The van der Waals surface area contributed by atoms with Crippen LogP contribution >= 0.6 is 0 Å². The molecule has 1 aliphatic carbocycles. The molecule has 0 unspecified atom stereocenters. The predicted octanol–water partition coefficient (Wildman–Crippen LogP) is 3.71. The second-order valence-electron chi connectivity index (χ2n) is 6.94. The van der Waals surface area contributed by atoms with Crippen LogP contribution in [0.3, 0.4) is 0 Å². The molecule has 1 amide bonds. The Bertz CT molecular complexity index is 861. The van der Waals surface area contributed by atoms with E-state index in [1.54, 1.807) is 12.1 Å². The van der Waals surface area contributed by atoms with E-state index in [4.69, 9.17) is 4.74 Å². The molecule has 0 spiro atoms. The lowest BCUT2D eigenvalue weighted by Gasteiger charge is -2.22. The van der Waals surface area contributed by atoms with Gasteiger partial charge in [-0.25, -0.2) is 13.1 Å². The van der Waals surface area contributed by atoms with Crippen LogP contribution in [0.25, 0.3) is 0 Å². The maximum absolute atomic E-state index is 12.5. The number of rotatable bonds is 8.